The molecule has 1 N–H and O–H groups in total. The number of hydrogen-bond acceptors (Lipinski definition) is 4. The fourth-order valence-electron chi connectivity index (χ4n) is 3.28. The van der Waals surface area contributed by atoms with Gasteiger partial charge in [0.05, 0.1) is 18.4 Å². The average Bonchev–Trinajstić information content (AvgIpc) is 3.35. The van der Waals surface area contributed by atoms with E-state index >= 15 is 0 Å². The summed E-state index contributed by atoms with van der Waals surface area (Å²) in [7, 11) is 0. The van der Waals surface area contributed by atoms with Crippen molar-refractivity contribution >= 4 is 11.6 Å². The number of aryl methyl sites for hydroxylation is 2. The Labute approximate surface area is 179 Å². The third kappa shape index (κ3) is 5.39. The van der Waals surface area contributed by atoms with Gasteiger partial charge in [-0.1, -0.05) is 18.2 Å². The molecule has 31 heavy (non-hydrogen) atoms. The number of nitrogens with one attached hydrogen (secondary N) is 1. The van der Waals surface area contributed by atoms with Gasteiger partial charge in [-0.3, -0.25) is 9.48 Å². The van der Waals surface area contributed by atoms with E-state index in [1.807, 2.05) is 32.0 Å². The maximum Gasteiger partial charge on any atom is 0.291 e. The predicted octanol–water partition coefficient (Wildman–Crippen LogP) is 5.11. The average molecular weight is 419 g/mol. The minimum absolute atomic E-state index is 0.178. The van der Waals surface area contributed by atoms with E-state index in [9.17, 15) is 9.18 Å². The molecular formula is C24H22FN3O3. The van der Waals surface area contributed by atoms with Crippen LogP contribution in [0, 0.1) is 19.7 Å². The SMILES string of the molecule is Cc1cc(C)cc(OCc2ccc(C(=O)Nc3cnn(Cc4cccc(F)c4)c3)o2)c1. The van der Waals surface area contributed by atoms with Gasteiger partial charge in [0.1, 0.15) is 23.9 Å². The molecule has 4 rings (SSSR count). The van der Waals surface area contributed by atoms with Gasteiger partial charge in [-0.2, -0.15) is 5.10 Å². The van der Waals surface area contributed by atoms with Crippen LogP contribution in [0.3, 0.4) is 0 Å². The van der Waals surface area contributed by atoms with Crippen molar-refractivity contribution in [2.45, 2.75) is 27.0 Å². The van der Waals surface area contributed by atoms with Gasteiger partial charge in [-0.15, -0.1) is 0 Å². The number of amides is 1. The number of benzene rings is 2. The van der Waals surface area contributed by atoms with Crippen molar-refractivity contribution in [1.29, 1.82) is 0 Å². The first kappa shape index (κ1) is 20.4. The zero-order valence-corrected chi connectivity index (χ0v) is 17.3. The Morgan fingerprint density at radius 2 is 1.94 bits per heavy atom. The van der Waals surface area contributed by atoms with Crippen LogP contribution in [-0.2, 0) is 13.2 Å². The largest absolute Gasteiger partial charge is 0.486 e. The molecule has 1 amide bonds. The molecule has 0 saturated heterocycles. The Kier molecular flexibility index (Phi) is 5.84. The van der Waals surface area contributed by atoms with Gasteiger partial charge in [-0.25, -0.2) is 4.39 Å². The van der Waals surface area contributed by atoms with Gasteiger partial charge in [-0.05, 0) is 66.9 Å². The predicted molar refractivity (Wildman–Crippen MR) is 115 cm³/mol. The molecule has 2 aromatic heterocycles. The summed E-state index contributed by atoms with van der Waals surface area (Å²) in [4.78, 5) is 12.5. The molecular weight excluding hydrogens is 397 g/mol. The van der Waals surface area contributed by atoms with E-state index in [4.69, 9.17) is 9.15 Å². The van der Waals surface area contributed by atoms with Crippen LogP contribution >= 0.6 is 0 Å². The maximum absolute atomic E-state index is 13.3. The zero-order chi connectivity index (χ0) is 21.8. The monoisotopic (exact) mass is 419 g/mol. The Balaban J connectivity index is 1.34. The molecule has 0 saturated carbocycles. The summed E-state index contributed by atoms with van der Waals surface area (Å²) in [6.07, 6.45) is 3.21. The molecule has 0 aliphatic carbocycles. The van der Waals surface area contributed by atoms with Crippen molar-refractivity contribution in [2.24, 2.45) is 0 Å². The first-order valence-electron chi connectivity index (χ1n) is 9.83. The molecule has 0 radical (unpaired) electrons. The summed E-state index contributed by atoms with van der Waals surface area (Å²) in [5.74, 6) is 0.796. The second-order valence-electron chi connectivity index (χ2n) is 7.39. The van der Waals surface area contributed by atoms with Crippen molar-refractivity contribution in [3.05, 3.63) is 101 Å². The highest BCUT2D eigenvalue weighted by Crippen LogP contribution is 2.19. The van der Waals surface area contributed by atoms with E-state index in [-0.39, 0.29) is 24.1 Å². The van der Waals surface area contributed by atoms with Gasteiger partial charge < -0.3 is 14.5 Å². The van der Waals surface area contributed by atoms with E-state index in [1.165, 1.54) is 18.3 Å². The number of anilines is 1. The van der Waals surface area contributed by atoms with Crippen LogP contribution in [0.15, 0.2) is 71.4 Å². The number of nitrogens with zero attached hydrogens (tertiary/aromatic N) is 2. The normalized spacial score (nSPS) is 10.8. The number of furan rings is 1. The lowest BCUT2D eigenvalue weighted by Crippen LogP contribution is -2.10. The van der Waals surface area contributed by atoms with Crippen molar-refractivity contribution in [2.75, 3.05) is 5.32 Å². The van der Waals surface area contributed by atoms with Crippen molar-refractivity contribution in [3.63, 3.8) is 0 Å². The second-order valence-corrected chi connectivity index (χ2v) is 7.39. The molecule has 0 spiro atoms. The first-order chi connectivity index (χ1) is 14.9. The minimum atomic E-state index is -0.386. The number of carbonyl (C=O) groups excluding carboxylic acids is 1. The summed E-state index contributed by atoms with van der Waals surface area (Å²) < 4.78 is 26.3. The Bertz CT molecular complexity index is 1190. The quantitative estimate of drug-likeness (QED) is 0.452. The summed E-state index contributed by atoms with van der Waals surface area (Å²) in [5.41, 5.74) is 3.53. The van der Waals surface area contributed by atoms with Crippen LogP contribution in [-0.4, -0.2) is 15.7 Å². The van der Waals surface area contributed by atoms with Gasteiger partial charge in [0, 0.05) is 6.20 Å². The van der Waals surface area contributed by atoms with Gasteiger partial charge >= 0.3 is 0 Å². The highest BCUT2D eigenvalue weighted by atomic mass is 19.1. The molecule has 0 aliphatic heterocycles. The molecule has 2 aromatic carbocycles. The van der Waals surface area contributed by atoms with Crippen molar-refractivity contribution in [3.8, 4) is 5.75 Å². The van der Waals surface area contributed by atoms with Crippen molar-refractivity contribution < 1.29 is 18.3 Å². The van der Waals surface area contributed by atoms with E-state index in [0.717, 1.165) is 22.4 Å². The van der Waals surface area contributed by atoms with Crippen LogP contribution in [0.5, 0.6) is 5.75 Å². The minimum Gasteiger partial charge on any atom is -0.486 e. The van der Waals surface area contributed by atoms with Crippen LogP contribution in [0.4, 0.5) is 10.1 Å². The number of hydrogen-bond donors (Lipinski definition) is 1. The Morgan fingerprint density at radius 1 is 1.13 bits per heavy atom. The maximum atomic E-state index is 13.3. The van der Waals surface area contributed by atoms with E-state index in [0.29, 0.717) is 18.0 Å². The number of ether oxygens (including phenoxy) is 1. The second kappa shape index (κ2) is 8.87. The lowest BCUT2D eigenvalue weighted by atomic mass is 10.1. The number of aromatic nitrogens is 2. The number of halogens is 1. The molecule has 0 aliphatic rings. The molecule has 0 bridgehead atoms. The van der Waals surface area contributed by atoms with Crippen LogP contribution in [0.1, 0.15) is 33.0 Å². The van der Waals surface area contributed by atoms with Crippen LogP contribution in [0.25, 0.3) is 0 Å². The smallest absolute Gasteiger partial charge is 0.291 e. The van der Waals surface area contributed by atoms with Gasteiger partial charge in [0.15, 0.2) is 5.76 Å². The molecule has 0 fully saturated rings. The molecule has 6 nitrogen and oxygen atoms in total. The van der Waals surface area contributed by atoms with Crippen LogP contribution in [0.2, 0.25) is 0 Å². The molecule has 0 unspecified atom stereocenters. The van der Waals surface area contributed by atoms with Gasteiger partial charge in [0.25, 0.3) is 5.91 Å². The highest BCUT2D eigenvalue weighted by molar-refractivity contribution is 6.02. The molecule has 2 heterocycles. The Morgan fingerprint density at radius 3 is 2.71 bits per heavy atom. The molecule has 0 atom stereocenters. The third-order valence-electron chi connectivity index (χ3n) is 4.59. The first-order valence-corrected chi connectivity index (χ1v) is 9.83. The highest BCUT2D eigenvalue weighted by Gasteiger charge is 2.13. The van der Waals surface area contributed by atoms with Crippen LogP contribution < -0.4 is 10.1 Å². The summed E-state index contributed by atoms with van der Waals surface area (Å²) in [6.45, 7) is 4.64. The van der Waals surface area contributed by atoms with E-state index < -0.39 is 0 Å². The fraction of sp³-hybridized carbons (Fsp3) is 0.167. The lowest BCUT2D eigenvalue weighted by Gasteiger charge is -2.06. The number of carbonyl (C=O) groups is 1. The molecule has 158 valence electrons. The van der Waals surface area contributed by atoms with Crippen molar-refractivity contribution in [1.82, 2.24) is 9.78 Å². The summed E-state index contributed by atoms with van der Waals surface area (Å²) in [6, 6.07) is 15.6. The van der Waals surface area contributed by atoms with E-state index in [1.54, 1.807) is 29.1 Å². The molecule has 4 aromatic rings. The standard InChI is InChI=1S/C24H22FN3O3/c1-16-8-17(2)10-22(9-16)30-15-21-6-7-23(31-21)24(29)27-20-12-26-28(14-20)13-18-4-3-5-19(25)11-18/h3-12,14H,13,15H2,1-2H3,(H,27,29). The zero-order valence-electron chi connectivity index (χ0n) is 17.3. The third-order valence-corrected chi connectivity index (χ3v) is 4.59. The lowest BCUT2D eigenvalue weighted by molar-refractivity contribution is 0.0992. The summed E-state index contributed by atoms with van der Waals surface area (Å²) >= 11 is 0. The van der Waals surface area contributed by atoms with Gasteiger partial charge in [0.2, 0.25) is 0 Å². The number of rotatable bonds is 7. The topological polar surface area (TPSA) is 69.3 Å². The van der Waals surface area contributed by atoms with E-state index in [2.05, 4.69) is 16.5 Å². The Hall–Kier alpha value is -3.87. The molecule has 7 heteroatoms. The fourth-order valence-corrected chi connectivity index (χ4v) is 3.28. The summed E-state index contributed by atoms with van der Waals surface area (Å²) in [5, 5.41) is 6.95.